The van der Waals surface area contributed by atoms with E-state index in [1.54, 1.807) is 6.11 Å². The zero-order chi connectivity index (χ0) is 4.83. The minimum atomic E-state index is 0.122. The van der Waals surface area contributed by atoms with Gasteiger partial charge in [0.15, 0.2) is 0 Å². The molecule has 0 fully saturated rings. The first-order chi connectivity index (χ1) is 2.91. The Bertz CT molecular complexity index is 85.5. The van der Waals surface area contributed by atoms with Crippen molar-refractivity contribution >= 4 is 6.29 Å². The van der Waals surface area contributed by atoms with Crippen molar-refractivity contribution < 1.29 is 9.90 Å². The summed E-state index contributed by atoms with van der Waals surface area (Å²) in [6.07, 6.45) is 2.34. The fourth-order valence-electron chi connectivity index (χ4n) is 0.0873. The van der Waals surface area contributed by atoms with Crippen molar-refractivity contribution in [2.75, 3.05) is 0 Å². The summed E-state index contributed by atoms with van der Waals surface area (Å²) < 4.78 is 0. The minimum absolute atomic E-state index is 0.122. The summed E-state index contributed by atoms with van der Waals surface area (Å²) in [6, 6.07) is 0. The lowest BCUT2D eigenvalue weighted by atomic mass is 10.5. The van der Waals surface area contributed by atoms with E-state index in [4.69, 9.17) is 5.11 Å². The standard InChI is InChI=1S/C4H4O2/c5-3-1-2-4-6/h3,6H,1H2. The second kappa shape index (κ2) is 4.03. The normalized spacial score (nSPS) is 5.33. The second-order valence-electron chi connectivity index (χ2n) is 0.659. The fourth-order valence-corrected chi connectivity index (χ4v) is 0.0873. The van der Waals surface area contributed by atoms with E-state index in [1.165, 1.54) is 0 Å². The number of rotatable bonds is 1. The fraction of sp³-hybridized carbons (Fsp3) is 0.250. The van der Waals surface area contributed by atoms with Crippen LogP contribution in [0, 0.1) is 12.0 Å². The lowest BCUT2D eigenvalue weighted by molar-refractivity contribution is -0.107. The van der Waals surface area contributed by atoms with Crippen LogP contribution in [0.15, 0.2) is 0 Å². The molecule has 0 radical (unpaired) electrons. The van der Waals surface area contributed by atoms with E-state index >= 15 is 0 Å². The summed E-state index contributed by atoms with van der Waals surface area (Å²) in [4.78, 5) is 9.35. The van der Waals surface area contributed by atoms with Crippen molar-refractivity contribution in [3.8, 4) is 12.0 Å². The Morgan fingerprint density at radius 2 is 2.50 bits per heavy atom. The molecule has 0 aliphatic rings. The molecule has 0 aliphatic heterocycles. The van der Waals surface area contributed by atoms with Crippen LogP contribution in [-0.2, 0) is 4.79 Å². The van der Waals surface area contributed by atoms with Crippen LogP contribution in [0.4, 0.5) is 0 Å². The Labute approximate surface area is 35.8 Å². The zero-order valence-electron chi connectivity index (χ0n) is 3.14. The Balaban J connectivity index is 3.00. The number of aliphatic hydroxyl groups excluding tert-OH is 1. The topological polar surface area (TPSA) is 37.3 Å². The van der Waals surface area contributed by atoms with Crippen LogP contribution >= 0.6 is 0 Å². The molecular weight excluding hydrogens is 80.0 g/mol. The van der Waals surface area contributed by atoms with Crippen molar-refractivity contribution in [3.63, 3.8) is 0 Å². The summed E-state index contributed by atoms with van der Waals surface area (Å²) in [7, 11) is 0. The molecule has 0 aromatic heterocycles. The van der Waals surface area contributed by atoms with Crippen LogP contribution < -0.4 is 0 Å². The van der Waals surface area contributed by atoms with Gasteiger partial charge < -0.3 is 9.90 Å². The molecule has 0 aromatic rings. The number of carbonyl (C=O) groups is 1. The maximum Gasteiger partial charge on any atom is 0.132 e. The highest BCUT2D eigenvalue weighted by Crippen LogP contribution is 1.58. The predicted molar refractivity (Wildman–Crippen MR) is 20.4 cm³/mol. The lowest BCUT2D eigenvalue weighted by Crippen LogP contribution is -1.63. The van der Waals surface area contributed by atoms with Crippen molar-refractivity contribution in [2.45, 2.75) is 6.42 Å². The molecule has 0 aromatic carbocycles. The minimum Gasteiger partial charge on any atom is -0.462 e. The first-order valence-electron chi connectivity index (χ1n) is 1.47. The largest absolute Gasteiger partial charge is 0.462 e. The maximum absolute atomic E-state index is 9.35. The predicted octanol–water partition coefficient (Wildman–Crippen LogP) is -0.0912. The average molecular weight is 84.1 g/mol. The van der Waals surface area contributed by atoms with Gasteiger partial charge in [-0.1, -0.05) is 5.92 Å². The van der Waals surface area contributed by atoms with Gasteiger partial charge in [-0.3, -0.25) is 0 Å². The molecule has 0 saturated heterocycles. The highest BCUT2D eigenvalue weighted by atomic mass is 16.2. The number of aliphatic hydroxyl groups is 1. The van der Waals surface area contributed by atoms with Crippen LogP contribution in [0.25, 0.3) is 0 Å². The van der Waals surface area contributed by atoms with E-state index in [0.717, 1.165) is 0 Å². The molecule has 2 nitrogen and oxygen atoms in total. The lowest BCUT2D eigenvalue weighted by Gasteiger charge is -1.58. The van der Waals surface area contributed by atoms with Gasteiger partial charge in [0.2, 0.25) is 0 Å². The number of aldehydes is 1. The van der Waals surface area contributed by atoms with Gasteiger partial charge in [0.25, 0.3) is 0 Å². The summed E-state index contributed by atoms with van der Waals surface area (Å²) in [5.41, 5.74) is 0. The highest BCUT2D eigenvalue weighted by Gasteiger charge is 1.62. The van der Waals surface area contributed by atoms with Crippen LogP contribution in [0.5, 0.6) is 0 Å². The van der Waals surface area contributed by atoms with Crippen LogP contribution in [0.3, 0.4) is 0 Å². The van der Waals surface area contributed by atoms with Crippen molar-refractivity contribution in [3.05, 3.63) is 0 Å². The van der Waals surface area contributed by atoms with E-state index in [1.807, 2.05) is 0 Å². The summed E-state index contributed by atoms with van der Waals surface area (Å²) in [6.45, 7) is 0. The number of carbonyl (C=O) groups excluding carboxylic acids is 1. The van der Waals surface area contributed by atoms with Crippen molar-refractivity contribution in [2.24, 2.45) is 0 Å². The molecule has 0 rings (SSSR count). The molecule has 0 unspecified atom stereocenters. The molecule has 0 bridgehead atoms. The molecule has 32 valence electrons. The van der Waals surface area contributed by atoms with Gasteiger partial charge in [-0.2, -0.15) is 0 Å². The Morgan fingerprint density at radius 3 is 2.67 bits per heavy atom. The van der Waals surface area contributed by atoms with Gasteiger partial charge in [-0.15, -0.1) is 0 Å². The van der Waals surface area contributed by atoms with Gasteiger partial charge in [0.05, 0.1) is 6.42 Å². The van der Waals surface area contributed by atoms with Gasteiger partial charge in [0, 0.05) is 0 Å². The third-order valence-corrected chi connectivity index (χ3v) is 0.264. The molecule has 0 amide bonds. The second-order valence-corrected chi connectivity index (χ2v) is 0.659. The third-order valence-electron chi connectivity index (χ3n) is 0.264. The van der Waals surface area contributed by atoms with Crippen LogP contribution in [0.1, 0.15) is 6.42 Å². The van der Waals surface area contributed by atoms with Crippen LogP contribution in [0.2, 0.25) is 0 Å². The maximum atomic E-state index is 9.35. The number of hydrogen-bond donors (Lipinski definition) is 1. The molecular formula is C4H4O2. The first-order valence-corrected chi connectivity index (χ1v) is 1.47. The molecule has 0 atom stereocenters. The number of hydrogen-bond acceptors (Lipinski definition) is 2. The van der Waals surface area contributed by atoms with E-state index in [-0.39, 0.29) is 6.42 Å². The monoisotopic (exact) mass is 84.0 g/mol. The molecule has 0 heterocycles. The molecule has 0 saturated carbocycles. The Kier molecular flexibility index (Phi) is 3.38. The molecule has 1 N–H and O–H groups in total. The summed E-state index contributed by atoms with van der Waals surface area (Å²) in [5.74, 6) is 2.14. The SMILES string of the molecule is O=CCC#CO. The molecule has 0 spiro atoms. The van der Waals surface area contributed by atoms with Gasteiger partial charge >= 0.3 is 0 Å². The molecule has 2 heteroatoms. The van der Waals surface area contributed by atoms with Crippen LogP contribution in [-0.4, -0.2) is 11.4 Å². The van der Waals surface area contributed by atoms with Gasteiger partial charge in [-0.05, 0) is 0 Å². The van der Waals surface area contributed by atoms with E-state index < -0.39 is 0 Å². The molecule has 0 aliphatic carbocycles. The average Bonchev–Trinajstić information content (AvgIpc) is 1.61. The van der Waals surface area contributed by atoms with Crippen molar-refractivity contribution in [1.29, 1.82) is 0 Å². The third kappa shape index (κ3) is 3.03. The molecule has 6 heavy (non-hydrogen) atoms. The zero-order valence-corrected chi connectivity index (χ0v) is 3.14. The summed E-state index contributed by atoms with van der Waals surface area (Å²) >= 11 is 0. The smallest absolute Gasteiger partial charge is 0.132 e. The van der Waals surface area contributed by atoms with Crippen molar-refractivity contribution in [1.82, 2.24) is 0 Å². The first kappa shape index (κ1) is 5.03. The Hall–Kier alpha value is -0.970. The van der Waals surface area contributed by atoms with E-state index in [0.29, 0.717) is 6.29 Å². The Morgan fingerprint density at radius 1 is 1.83 bits per heavy atom. The highest BCUT2D eigenvalue weighted by molar-refractivity contribution is 5.53. The van der Waals surface area contributed by atoms with Gasteiger partial charge in [0.1, 0.15) is 12.4 Å². The van der Waals surface area contributed by atoms with Gasteiger partial charge in [-0.25, -0.2) is 0 Å². The van der Waals surface area contributed by atoms with E-state index in [9.17, 15) is 4.79 Å². The van der Waals surface area contributed by atoms with E-state index in [2.05, 4.69) is 5.92 Å². The summed E-state index contributed by atoms with van der Waals surface area (Å²) in [5, 5.41) is 7.68. The quantitative estimate of drug-likeness (QED) is 0.356.